The van der Waals surface area contributed by atoms with Gasteiger partial charge in [-0.25, -0.2) is 0 Å². The van der Waals surface area contributed by atoms with E-state index in [-0.39, 0.29) is 0 Å². The van der Waals surface area contributed by atoms with Gasteiger partial charge >= 0.3 is 0 Å². The highest BCUT2D eigenvalue weighted by Crippen LogP contribution is 1.75. The second-order valence-corrected chi connectivity index (χ2v) is 1.63. The first-order valence-electron chi connectivity index (χ1n) is 3.18. The van der Waals surface area contributed by atoms with Crippen LogP contribution in [0.1, 0.15) is 0 Å². The van der Waals surface area contributed by atoms with Gasteiger partial charge in [-0.1, -0.05) is 0 Å². The number of nitrogens with one attached hydrogen (secondary N) is 2. The fourth-order valence-electron chi connectivity index (χ4n) is 0.417. The summed E-state index contributed by atoms with van der Waals surface area (Å²) in [5.74, 6) is 0. The Kier molecular flexibility index (Phi) is 3.91. The maximum absolute atomic E-state index is 4.44. The Morgan fingerprint density at radius 3 is 1.42 bits per heavy atom. The van der Waals surface area contributed by atoms with Crippen molar-refractivity contribution in [2.24, 2.45) is 10.2 Å². The van der Waals surface area contributed by atoms with Gasteiger partial charge in [-0.05, 0) is 12.2 Å². The summed E-state index contributed by atoms with van der Waals surface area (Å²) in [7, 11) is 0. The van der Waals surface area contributed by atoms with Crippen LogP contribution in [0.5, 0.6) is 0 Å². The van der Waals surface area contributed by atoms with Crippen LogP contribution in [0.3, 0.4) is 0 Å². The SMILES string of the molecule is C1=CONN=C1.C1=CONN=C1. The summed E-state index contributed by atoms with van der Waals surface area (Å²) in [6, 6.07) is 0. The van der Waals surface area contributed by atoms with Crippen molar-refractivity contribution in [2.45, 2.75) is 0 Å². The third-order valence-electron chi connectivity index (χ3n) is 0.825. The van der Waals surface area contributed by atoms with Crippen molar-refractivity contribution in [2.75, 3.05) is 0 Å². The van der Waals surface area contributed by atoms with E-state index in [2.05, 4.69) is 31.1 Å². The smallest absolute Gasteiger partial charge is 0.122 e. The Balaban J connectivity index is 0.000000120. The minimum atomic E-state index is 1.51. The average Bonchev–Trinajstić information content (AvgIpc) is 2.24. The molecule has 0 aromatic rings. The molecule has 0 aromatic heterocycles. The Morgan fingerprint density at radius 2 is 1.33 bits per heavy atom. The molecule has 2 N–H and O–H groups in total. The standard InChI is InChI=1S/2C3H4N2O/c2*1-2-4-5-6-3-1/h2*1-3,5H. The predicted molar refractivity (Wildman–Crippen MR) is 43.7 cm³/mol. The molecule has 0 aromatic carbocycles. The van der Waals surface area contributed by atoms with Crippen LogP contribution in [-0.2, 0) is 9.68 Å². The van der Waals surface area contributed by atoms with E-state index in [1.54, 1.807) is 24.6 Å². The summed E-state index contributed by atoms with van der Waals surface area (Å²) in [4.78, 5) is 8.88. The number of rotatable bonds is 0. The van der Waals surface area contributed by atoms with Gasteiger partial charge in [0.2, 0.25) is 0 Å². The highest BCUT2D eigenvalue weighted by Gasteiger charge is 1.74. The maximum atomic E-state index is 4.44. The molecule has 0 amide bonds. The van der Waals surface area contributed by atoms with Gasteiger partial charge in [0, 0.05) is 0 Å². The number of allylic oxidation sites excluding steroid dienone is 2. The lowest BCUT2D eigenvalue weighted by Crippen LogP contribution is -2.03. The van der Waals surface area contributed by atoms with Crippen molar-refractivity contribution in [3.05, 3.63) is 24.7 Å². The molecule has 0 atom stereocenters. The summed E-state index contributed by atoms with van der Waals surface area (Å²) >= 11 is 0. The lowest BCUT2D eigenvalue weighted by molar-refractivity contribution is 0.136. The lowest BCUT2D eigenvalue weighted by Gasteiger charge is -1.96. The number of hydrazone groups is 2. The van der Waals surface area contributed by atoms with Crippen LogP contribution in [0.15, 0.2) is 34.9 Å². The Hall–Kier alpha value is -1.98. The molecule has 0 bridgehead atoms. The molecule has 6 nitrogen and oxygen atoms in total. The Labute approximate surface area is 69.1 Å². The van der Waals surface area contributed by atoms with E-state index in [4.69, 9.17) is 0 Å². The zero-order chi connectivity index (χ0) is 8.49. The third kappa shape index (κ3) is 3.94. The van der Waals surface area contributed by atoms with Crippen molar-refractivity contribution in [3.8, 4) is 0 Å². The summed E-state index contributed by atoms with van der Waals surface area (Å²) in [5.41, 5.74) is 4.53. The van der Waals surface area contributed by atoms with E-state index < -0.39 is 0 Å². The second-order valence-electron chi connectivity index (χ2n) is 1.63. The van der Waals surface area contributed by atoms with Crippen LogP contribution in [0, 0.1) is 0 Å². The fraction of sp³-hybridized carbons (Fsp3) is 0. The summed E-state index contributed by atoms with van der Waals surface area (Å²) in [6.07, 6.45) is 9.60. The molecule has 2 aliphatic heterocycles. The summed E-state index contributed by atoms with van der Waals surface area (Å²) in [5, 5.41) is 6.99. The molecule has 6 heteroatoms. The second kappa shape index (κ2) is 5.78. The predicted octanol–water partition coefficient (Wildman–Crippen LogP) is 0.0414. The van der Waals surface area contributed by atoms with Crippen LogP contribution in [-0.4, -0.2) is 12.4 Å². The fourth-order valence-corrected chi connectivity index (χ4v) is 0.417. The average molecular weight is 168 g/mol. The van der Waals surface area contributed by atoms with Gasteiger partial charge in [0.15, 0.2) is 0 Å². The van der Waals surface area contributed by atoms with Gasteiger partial charge in [-0.2, -0.15) is 10.2 Å². The van der Waals surface area contributed by atoms with E-state index >= 15 is 0 Å². The largest absolute Gasteiger partial charge is 0.373 e. The molecule has 0 fully saturated rings. The van der Waals surface area contributed by atoms with Gasteiger partial charge < -0.3 is 9.68 Å². The first-order chi connectivity index (χ1) is 6.00. The minimum absolute atomic E-state index is 1.51. The first kappa shape index (κ1) is 8.12. The Morgan fingerprint density at radius 1 is 0.833 bits per heavy atom. The van der Waals surface area contributed by atoms with Crippen molar-refractivity contribution in [3.63, 3.8) is 0 Å². The zero-order valence-corrected chi connectivity index (χ0v) is 6.18. The normalized spacial score (nSPS) is 16.0. The zero-order valence-electron chi connectivity index (χ0n) is 6.18. The van der Waals surface area contributed by atoms with Crippen LogP contribution >= 0.6 is 0 Å². The summed E-state index contributed by atoms with van der Waals surface area (Å²) in [6.45, 7) is 0. The van der Waals surface area contributed by atoms with Gasteiger partial charge in [0.25, 0.3) is 0 Å². The van der Waals surface area contributed by atoms with Crippen LogP contribution in [0.4, 0.5) is 0 Å². The molecule has 64 valence electrons. The van der Waals surface area contributed by atoms with E-state index in [9.17, 15) is 0 Å². The van der Waals surface area contributed by atoms with Crippen molar-refractivity contribution < 1.29 is 9.68 Å². The first-order valence-corrected chi connectivity index (χ1v) is 3.18. The molecule has 2 aliphatic rings. The highest BCUT2D eigenvalue weighted by atomic mass is 16.7. The molecule has 0 aliphatic carbocycles. The number of nitrogens with zero attached hydrogens (tertiary/aromatic N) is 2. The molecule has 0 saturated carbocycles. The van der Waals surface area contributed by atoms with E-state index in [1.165, 1.54) is 12.5 Å². The molecule has 0 saturated heterocycles. The quantitative estimate of drug-likeness (QED) is 0.536. The highest BCUT2D eigenvalue weighted by molar-refractivity contribution is 5.70. The topological polar surface area (TPSA) is 67.2 Å². The van der Waals surface area contributed by atoms with Gasteiger partial charge in [-0.3, -0.25) is 0 Å². The number of hydrogen-bond donors (Lipinski definition) is 2. The molecule has 0 radical (unpaired) electrons. The number of hydrogen-bond acceptors (Lipinski definition) is 6. The summed E-state index contributed by atoms with van der Waals surface area (Å²) < 4.78 is 0. The van der Waals surface area contributed by atoms with Crippen molar-refractivity contribution >= 4 is 12.4 Å². The Bertz CT molecular complexity index is 174. The molecule has 2 rings (SSSR count). The maximum Gasteiger partial charge on any atom is 0.122 e. The van der Waals surface area contributed by atoms with Crippen LogP contribution in [0.2, 0.25) is 0 Å². The van der Waals surface area contributed by atoms with Crippen LogP contribution in [0.25, 0.3) is 0 Å². The molecular formula is C6H8N4O2. The molecule has 12 heavy (non-hydrogen) atoms. The monoisotopic (exact) mass is 168 g/mol. The van der Waals surface area contributed by atoms with E-state index in [1.807, 2.05) is 0 Å². The van der Waals surface area contributed by atoms with Gasteiger partial charge in [0.1, 0.15) is 12.5 Å². The lowest BCUT2D eigenvalue weighted by atomic mass is 10.7. The molecular weight excluding hydrogens is 160 g/mol. The van der Waals surface area contributed by atoms with Crippen molar-refractivity contribution in [1.29, 1.82) is 0 Å². The molecule has 2 heterocycles. The van der Waals surface area contributed by atoms with Gasteiger partial charge in [0.05, 0.1) is 12.4 Å². The molecule has 0 unspecified atom stereocenters. The van der Waals surface area contributed by atoms with Crippen molar-refractivity contribution in [1.82, 2.24) is 11.2 Å². The van der Waals surface area contributed by atoms with Gasteiger partial charge in [-0.15, -0.1) is 11.2 Å². The minimum Gasteiger partial charge on any atom is -0.373 e. The third-order valence-corrected chi connectivity index (χ3v) is 0.825. The molecule has 0 spiro atoms. The van der Waals surface area contributed by atoms with E-state index in [0.717, 1.165) is 0 Å². The van der Waals surface area contributed by atoms with E-state index in [0.29, 0.717) is 0 Å². The van der Waals surface area contributed by atoms with Crippen LogP contribution < -0.4 is 11.2 Å².